The van der Waals surface area contributed by atoms with Crippen LogP contribution in [0.4, 0.5) is 0 Å². The molecule has 0 unspecified atom stereocenters. The van der Waals surface area contributed by atoms with E-state index in [9.17, 15) is 9.59 Å². The van der Waals surface area contributed by atoms with Crippen LogP contribution in [0.25, 0.3) is 0 Å². The lowest BCUT2D eigenvalue weighted by Gasteiger charge is -2.06. The fourth-order valence-electron chi connectivity index (χ4n) is 1.21. The monoisotopic (exact) mass is 210 g/mol. The first-order valence-electron chi connectivity index (χ1n) is 4.16. The molecule has 0 bridgehead atoms. The van der Waals surface area contributed by atoms with E-state index in [2.05, 4.69) is 0 Å². The maximum Gasteiger partial charge on any atom is 0.339 e. The fraction of sp³-hybridized carbons (Fsp3) is 0.200. The van der Waals surface area contributed by atoms with Crippen molar-refractivity contribution in [1.82, 2.24) is 0 Å². The predicted molar refractivity (Wildman–Crippen MR) is 51.3 cm³/mol. The molecule has 0 aliphatic carbocycles. The van der Waals surface area contributed by atoms with Crippen molar-refractivity contribution >= 4 is 11.9 Å². The van der Waals surface area contributed by atoms with Gasteiger partial charge in [0.1, 0.15) is 11.3 Å². The van der Waals surface area contributed by atoms with E-state index < -0.39 is 11.9 Å². The van der Waals surface area contributed by atoms with Gasteiger partial charge in [0.25, 0.3) is 0 Å². The smallest absolute Gasteiger partial charge is 0.339 e. The lowest BCUT2D eigenvalue weighted by molar-refractivity contribution is -0.136. The molecule has 0 amide bonds. The van der Waals surface area contributed by atoms with E-state index in [1.807, 2.05) is 0 Å². The fourth-order valence-corrected chi connectivity index (χ4v) is 1.21. The topological polar surface area (TPSA) is 83.8 Å². The molecule has 0 saturated heterocycles. The van der Waals surface area contributed by atoms with Crippen molar-refractivity contribution in [3.05, 3.63) is 29.3 Å². The number of hydrogen-bond donors (Lipinski definition) is 2. The molecule has 0 atom stereocenters. The van der Waals surface area contributed by atoms with Crippen molar-refractivity contribution in [1.29, 1.82) is 0 Å². The number of carboxylic acids is 2. The Bertz CT molecular complexity index is 397. The van der Waals surface area contributed by atoms with Crippen molar-refractivity contribution in [2.45, 2.75) is 6.42 Å². The zero-order chi connectivity index (χ0) is 11.4. The Labute approximate surface area is 85.9 Å². The molecular formula is C10H10O5. The van der Waals surface area contributed by atoms with E-state index in [0.29, 0.717) is 5.56 Å². The largest absolute Gasteiger partial charge is 0.496 e. The van der Waals surface area contributed by atoms with E-state index >= 15 is 0 Å². The standard InChI is InChI=1S/C10H10O5/c1-15-8-3-2-6(5-9(11)12)4-7(8)10(13)14/h2-4H,5H2,1H3,(H,11,12)(H,13,14). The van der Waals surface area contributed by atoms with Crippen molar-refractivity contribution in [3.8, 4) is 5.75 Å². The molecule has 0 spiro atoms. The highest BCUT2D eigenvalue weighted by molar-refractivity contribution is 5.91. The zero-order valence-electron chi connectivity index (χ0n) is 8.06. The summed E-state index contributed by atoms with van der Waals surface area (Å²) in [6.45, 7) is 0. The summed E-state index contributed by atoms with van der Waals surface area (Å²) in [5.74, 6) is -1.92. The van der Waals surface area contributed by atoms with E-state index in [1.54, 1.807) is 0 Å². The molecule has 0 heterocycles. The van der Waals surface area contributed by atoms with Gasteiger partial charge in [0.15, 0.2) is 0 Å². The van der Waals surface area contributed by atoms with Crippen LogP contribution in [-0.4, -0.2) is 29.3 Å². The van der Waals surface area contributed by atoms with Gasteiger partial charge in [-0.1, -0.05) is 6.07 Å². The van der Waals surface area contributed by atoms with Gasteiger partial charge in [0, 0.05) is 0 Å². The molecule has 5 heteroatoms. The summed E-state index contributed by atoms with van der Waals surface area (Å²) in [5.41, 5.74) is 0.400. The first-order chi connectivity index (χ1) is 7.04. The van der Waals surface area contributed by atoms with Crippen molar-refractivity contribution < 1.29 is 24.5 Å². The molecule has 80 valence electrons. The highest BCUT2D eigenvalue weighted by Crippen LogP contribution is 2.20. The number of hydrogen-bond acceptors (Lipinski definition) is 3. The molecule has 0 saturated carbocycles. The number of carboxylic acid groups (broad SMARTS) is 2. The number of benzene rings is 1. The van der Waals surface area contributed by atoms with Crippen LogP contribution in [0.5, 0.6) is 5.75 Å². The number of carbonyl (C=O) groups is 2. The number of aromatic carboxylic acids is 1. The Morgan fingerprint density at radius 2 is 2.00 bits per heavy atom. The molecule has 1 aromatic carbocycles. The molecule has 5 nitrogen and oxygen atoms in total. The van der Waals surface area contributed by atoms with E-state index in [0.717, 1.165) is 0 Å². The number of ether oxygens (including phenoxy) is 1. The van der Waals surface area contributed by atoms with Crippen LogP contribution in [0.15, 0.2) is 18.2 Å². The predicted octanol–water partition coefficient (Wildman–Crippen LogP) is 1.02. The molecule has 1 aromatic rings. The average Bonchev–Trinajstić information content (AvgIpc) is 2.16. The quantitative estimate of drug-likeness (QED) is 0.775. The molecule has 1 rings (SSSR count). The van der Waals surface area contributed by atoms with Crippen molar-refractivity contribution in [2.75, 3.05) is 7.11 Å². The maximum absolute atomic E-state index is 10.8. The Morgan fingerprint density at radius 1 is 1.33 bits per heavy atom. The van der Waals surface area contributed by atoms with Crippen LogP contribution >= 0.6 is 0 Å². The van der Waals surface area contributed by atoms with E-state index in [1.165, 1.54) is 25.3 Å². The molecule has 0 aliphatic rings. The van der Waals surface area contributed by atoms with Crippen LogP contribution in [-0.2, 0) is 11.2 Å². The zero-order valence-corrected chi connectivity index (χ0v) is 8.06. The minimum Gasteiger partial charge on any atom is -0.496 e. The van der Waals surface area contributed by atoms with E-state index in [4.69, 9.17) is 14.9 Å². The van der Waals surface area contributed by atoms with Gasteiger partial charge in [-0.25, -0.2) is 4.79 Å². The normalized spacial score (nSPS) is 9.67. The summed E-state index contributed by atoms with van der Waals surface area (Å²) in [6, 6.07) is 4.27. The van der Waals surface area contributed by atoms with Crippen LogP contribution in [0, 0.1) is 0 Å². The van der Waals surface area contributed by atoms with Crippen molar-refractivity contribution in [2.24, 2.45) is 0 Å². The third kappa shape index (κ3) is 2.70. The molecule has 15 heavy (non-hydrogen) atoms. The van der Waals surface area contributed by atoms with Crippen LogP contribution in [0.3, 0.4) is 0 Å². The second kappa shape index (κ2) is 4.45. The van der Waals surface area contributed by atoms with Gasteiger partial charge in [-0.05, 0) is 17.7 Å². The number of aliphatic carboxylic acids is 1. The number of methoxy groups -OCH3 is 1. The summed E-state index contributed by atoms with van der Waals surface area (Å²) in [7, 11) is 1.36. The summed E-state index contributed by atoms with van der Waals surface area (Å²) >= 11 is 0. The Hall–Kier alpha value is -2.04. The van der Waals surface area contributed by atoms with Gasteiger partial charge in [-0.3, -0.25) is 4.79 Å². The minimum absolute atomic E-state index is 0.0312. The van der Waals surface area contributed by atoms with Gasteiger partial charge < -0.3 is 14.9 Å². The first kappa shape index (κ1) is 11.0. The van der Waals surface area contributed by atoms with Gasteiger partial charge in [0.05, 0.1) is 13.5 Å². The SMILES string of the molecule is COc1ccc(CC(=O)O)cc1C(=O)O. The average molecular weight is 210 g/mol. The van der Waals surface area contributed by atoms with Crippen LogP contribution in [0.2, 0.25) is 0 Å². The van der Waals surface area contributed by atoms with Crippen LogP contribution < -0.4 is 4.74 Å². The molecule has 0 radical (unpaired) electrons. The van der Waals surface area contributed by atoms with Gasteiger partial charge in [0.2, 0.25) is 0 Å². The van der Waals surface area contributed by atoms with Crippen molar-refractivity contribution in [3.63, 3.8) is 0 Å². The number of rotatable bonds is 4. The molecular weight excluding hydrogens is 200 g/mol. The highest BCUT2D eigenvalue weighted by Gasteiger charge is 2.12. The Balaban J connectivity index is 3.10. The summed E-state index contributed by atoms with van der Waals surface area (Å²) in [4.78, 5) is 21.2. The van der Waals surface area contributed by atoms with Gasteiger partial charge >= 0.3 is 11.9 Å². The molecule has 0 fully saturated rings. The second-order valence-electron chi connectivity index (χ2n) is 2.91. The third-order valence-electron chi connectivity index (χ3n) is 1.85. The van der Waals surface area contributed by atoms with Gasteiger partial charge in [-0.15, -0.1) is 0 Å². The third-order valence-corrected chi connectivity index (χ3v) is 1.85. The molecule has 2 N–H and O–H groups in total. The Morgan fingerprint density at radius 3 is 2.47 bits per heavy atom. The Kier molecular flexibility index (Phi) is 3.28. The van der Waals surface area contributed by atoms with E-state index in [-0.39, 0.29) is 17.7 Å². The second-order valence-corrected chi connectivity index (χ2v) is 2.91. The molecule has 0 aliphatic heterocycles. The highest BCUT2D eigenvalue weighted by atomic mass is 16.5. The van der Waals surface area contributed by atoms with Crippen LogP contribution in [0.1, 0.15) is 15.9 Å². The first-order valence-corrected chi connectivity index (χ1v) is 4.16. The maximum atomic E-state index is 10.8. The summed E-state index contributed by atoms with van der Waals surface area (Å²) < 4.78 is 4.84. The summed E-state index contributed by atoms with van der Waals surface area (Å²) in [5, 5.41) is 17.4. The summed E-state index contributed by atoms with van der Waals surface area (Å²) in [6.07, 6.45) is -0.204. The lowest BCUT2D eigenvalue weighted by Crippen LogP contribution is -2.04. The molecule has 0 aromatic heterocycles. The lowest BCUT2D eigenvalue weighted by atomic mass is 10.1. The minimum atomic E-state index is -1.14. The van der Waals surface area contributed by atoms with Gasteiger partial charge in [-0.2, -0.15) is 0 Å².